The van der Waals surface area contributed by atoms with Crippen LogP contribution in [0, 0.1) is 0 Å². The second-order valence-corrected chi connectivity index (χ2v) is 4.52. The predicted octanol–water partition coefficient (Wildman–Crippen LogP) is -1.58. The molecule has 0 aromatic carbocycles. The maximum atomic E-state index is 11.9. The van der Waals surface area contributed by atoms with Gasteiger partial charge in [-0.2, -0.15) is 0 Å². The van der Waals surface area contributed by atoms with Gasteiger partial charge in [0.2, 0.25) is 5.91 Å². The van der Waals surface area contributed by atoms with E-state index in [0.29, 0.717) is 13.1 Å². The van der Waals surface area contributed by atoms with Gasteiger partial charge in [-0.3, -0.25) is 4.79 Å². The summed E-state index contributed by atoms with van der Waals surface area (Å²) < 4.78 is 1.42. The molecule has 1 fully saturated rings. The second-order valence-electron chi connectivity index (χ2n) is 4.52. The molecular formula is C10H14N6O4. The summed E-state index contributed by atoms with van der Waals surface area (Å²) in [7, 11) is 0. The lowest BCUT2D eigenvalue weighted by Gasteiger charge is -2.40. The van der Waals surface area contributed by atoms with E-state index in [0.717, 1.165) is 0 Å². The van der Waals surface area contributed by atoms with E-state index in [1.54, 1.807) is 6.92 Å². The summed E-state index contributed by atoms with van der Waals surface area (Å²) in [6, 6.07) is -1.57. The summed E-state index contributed by atoms with van der Waals surface area (Å²) in [6.45, 7) is 2.30. The Balaban J connectivity index is 1.88. The molecule has 1 saturated heterocycles. The Kier molecular flexibility index (Phi) is 3.55. The number of aromatic nitrogens is 3. The van der Waals surface area contributed by atoms with E-state index >= 15 is 0 Å². The van der Waals surface area contributed by atoms with Crippen LogP contribution in [-0.4, -0.2) is 62.0 Å². The average molecular weight is 282 g/mol. The predicted molar refractivity (Wildman–Crippen MR) is 64.8 cm³/mol. The molecule has 4 N–H and O–H groups in total. The number of primary amides is 1. The second kappa shape index (κ2) is 5.15. The van der Waals surface area contributed by atoms with E-state index in [2.05, 4.69) is 15.6 Å². The minimum atomic E-state index is -1.15. The molecule has 20 heavy (non-hydrogen) atoms. The van der Waals surface area contributed by atoms with Gasteiger partial charge < -0.3 is 21.1 Å². The Morgan fingerprint density at radius 3 is 2.65 bits per heavy atom. The standard InChI is InChI=1S/C10H14N6O4/c1-5(12-10(11)20)8(17)15-2-6(3-15)16-4-7(9(18)19)13-14-16/h4-6H,2-3H2,1H3,(H,18,19)(H3,11,12,20). The van der Waals surface area contributed by atoms with Crippen LogP contribution >= 0.6 is 0 Å². The van der Waals surface area contributed by atoms with Crippen LogP contribution in [0.25, 0.3) is 0 Å². The van der Waals surface area contributed by atoms with Gasteiger partial charge in [-0.15, -0.1) is 5.10 Å². The molecule has 3 amide bonds. The lowest BCUT2D eigenvalue weighted by Crippen LogP contribution is -2.57. The van der Waals surface area contributed by atoms with E-state index < -0.39 is 18.0 Å². The highest BCUT2D eigenvalue weighted by atomic mass is 16.4. The van der Waals surface area contributed by atoms with Crippen molar-refractivity contribution in [1.82, 2.24) is 25.2 Å². The van der Waals surface area contributed by atoms with Gasteiger partial charge in [-0.1, -0.05) is 5.21 Å². The van der Waals surface area contributed by atoms with E-state index in [1.807, 2.05) is 0 Å². The number of carbonyl (C=O) groups is 3. The molecule has 1 unspecified atom stereocenters. The van der Waals surface area contributed by atoms with Crippen molar-refractivity contribution >= 4 is 17.9 Å². The quantitative estimate of drug-likeness (QED) is 0.607. The van der Waals surface area contributed by atoms with Crippen LogP contribution in [0.5, 0.6) is 0 Å². The Hall–Kier alpha value is -2.65. The minimum Gasteiger partial charge on any atom is -0.476 e. The van der Waals surface area contributed by atoms with Crippen LogP contribution in [-0.2, 0) is 4.79 Å². The summed E-state index contributed by atoms with van der Waals surface area (Å²) in [5.74, 6) is -1.40. The number of carboxylic acids is 1. The number of likely N-dealkylation sites (tertiary alicyclic amines) is 1. The van der Waals surface area contributed by atoms with Crippen molar-refractivity contribution in [3.05, 3.63) is 11.9 Å². The van der Waals surface area contributed by atoms with E-state index in [-0.39, 0.29) is 17.6 Å². The third-order valence-corrected chi connectivity index (χ3v) is 3.01. The highest BCUT2D eigenvalue weighted by molar-refractivity contribution is 5.87. The molecule has 1 aromatic rings. The highest BCUT2D eigenvalue weighted by Crippen LogP contribution is 2.21. The number of amides is 3. The van der Waals surface area contributed by atoms with Gasteiger partial charge in [0.15, 0.2) is 5.69 Å². The van der Waals surface area contributed by atoms with Crippen molar-refractivity contribution in [1.29, 1.82) is 0 Å². The fraction of sp³-hybridized carbons (Fsp3) is 0.500. The van der Waals surface area contributed by atoms with Gasteiger partial charge in [0, 0.05) is 13.1 Å². The largest absolute Gasteiger partial charge is 0.476 e. The highest BCUT2D eigenvalue weighted by Gasteiger charge is 2.35. The van der Waals surface area contributed by atoms with Crippen LogP contribution in [0.3, 0.4) is 0 Å². The van der Waals surface area contributed by atoms with Crippen molar-refractivity contribution < 1.29 is 19.5 Å². The topological polar surface area (TPSA) is 143 Å². The van der Waals surface area contributed by atoms with Crippen LogP contribution in [0.1, 0.15) is 23.5 Å². The molecule has 1 aliphatic rings. The molecule has 0 radical (unpaired) electrons. The number of urea groups is 1. The van der Waals surface area contributed by atoms with Gasteiger partial charge >= 0.3 is 12.0 Å². The molecule has 0 saturated carbocycles. The molecule has 2 heterocycles. The molecule has 10 heteroatoms. The fourth-order valence-corrected chi connectivity index (χ4v) is 1.90. The Morgan fingerprint density at radius 2 is 2.15 bits per heavy atom. The smallest absolute Gasteiger partial charge is 0.358 e. The Labute approximate surface area is 113 Å². The van der Waals surface area contributed by atoms with Gasteiger partial charge in [0.05, 0.1) is 12.2 Å². The van der Waals surface area contributed by atoms with Crippen molar-refractivity contribution in [2.75, 3.05) is 13.1 Å². The number of nitrogens with one attached hydrogen (secondary N) is 1. The van der Waals surface area contributed by atoms with Crippen molar-refractivity contribution in [3.63, 3.8) is 0 Å². The summed E-state index contributed by atoms with van der Waals surface area (Å²) in [5, 5.41) is 18.2. The first-order chi connectivity index (χ1) is 9.38. The van der Waals surface area contributed by atoms with Crippen LogP contribution < -0.4 is 11.1 Å². The zero-order chi connectivity index (χ0) is 14.9. The number of rotatable bonds is 4. The van der Waals surface area contributed by atoms with Crippen LogP contribution in [0.2, 0.25) is 0 Å². The molecule has 0 aliphatic carbocycles. The van der Waals surface area contributed by atoms with Gasteiger partial charge in [-0.05, 0) is 6.92 Å². The third kappa shape index (κ3) is 2.68. The van der Waals surface area contributed by atoms with Crippen molar-refractivity contribution in [2.24, 2.45) is 5.73 Å². The zero-order valence-corrected chi connectivity index (χ0v) is 10.7. The first kappa shape index (κ1) is 13.8. The third-order valence-electron chi connectivity index (χ3n) is 3.01. The van der Waals surface area contributed by atoms with E-state index in [1.165, 1.54) is 15.8 Å². The van der Waals surface area contributed by atoms with Crippen molar-refractivity contribution in [3.8, 4) is 0 Å². The average Bonchev–Trinajstić information content (AvgIpc) is 2.75. The number of carbonyl (C=O) groups excluding carboxylic acids is 2. The summed E-state index contributed by atoms with van der Waals surface area (Å²) >= 11 is 0. The van der Waals surface area contributed by atoms with Gasteiger partial charge in [0.25, 0.3) is 0 Å². The monoisotopic (exact) mass is 282 g/mol. The summed E-state index contributed by atoms with van der Waals surface area (Å²) in [6.07, 6.45) is 1.32. The first-order valence-electron chi connectivity index (χ1n) is 5.88. The van der Waals surface area contributed by atoms with E-state index in [4.69, 9.17) is 10.8 Å². The minimum absolute atomic E-state index is 0.111. The molecule has 10 nitrogen and oxygen atoms in total. The molecule has 1 aromatic heterocycles. The molecule has 1 atom stereocenters. The molecule has 0 spiro atoms. The normalized spacial score (nSPS) is 16.4. The molecule has 0 bridgehead atoms. The summed E-state index contributed by atoms with van der Waals surface area (Å²) in [4.78, 5) is 34.7. The van der Waals surface area contributed by atoms with Gasteiger partial charge in [0.1, 0.15) is 6.04 Å². The fourth-order valence-electron chi connectivity index (χ4n) is 1.90. The summed E-state index contributed by atoms with van der Waals surface area (Å²) in [5.41, 5.74) is 4.80. The molecule has 108 valence electrons. The lowest BCUT2D eigenvalue weighted by molar-refractivity contribution is -0.138. The molecule has 2 rings (SSSR count). The van der Waals surface area contributed by atoms with Crippen molar-refractivity contribution in [2.45, 2.75) is 19.0 Å². The Bertz CT molecular complexity index is 550. The van der Waals surface area contributed by atoms with Crippen LogP contribution in [0.15, 0.2) is 6.20 Å². The number of aromatic carboxylic acids is 1. The molecular weight excluding hydrogens is 268 g/mol. The van der Waals surface area contributed by atoms with E-state index in [9.17, 15) is 14.4 Å². The molecule has 1 aliphatic heterocycles. The maximum absolute atomic E-state index is 11.9. The van der Waals surface area contributed by atoms with Crippen LogP contribution in [0.4, 0.5) is 4.79 Å². The SMILES string of the molecule is CC(NC(N)=O)C(=O)N1CC(n2cc(C(=O)O)nn2)C1. The zero-order valence-electron chi connectivity index (χ0n) is 10.7. The maximum Gasteiger partial charge on any atom is 0.358 e. The number of hydrogen-bond acceptors (Lipinski definition) is 5. The van der Waals surface area contributed by atoms with Gasteiger partial charge in [-0.25, -0.2) is 14.3 Å². The Morgan fingerprint density at radius 1 is 1.50 bits per heavy atom. The number of nitrogens with two attached hydrogens (primary N) is 1. The lowest BCUT2D eigenvalue weighted by atomic mass is 10.1. The number of carboxylic acid groups (broad SMARTS) is 1. The number of nitrogens with zero attached hydrogens (tertiary/aromatic N) is 4. The first-order valence-corrected chi connectivity index (χ1v) is 5.88. The number of hydrogen-bond donors (Lipinski definition) is 3.